The van der Waals surface area contributed by atoms with E-state index in [9.17, 15) is 8.42 Å². The predicted molar refractivity (Wildman–Crippen MR) is 79.4 cm³/mol. The first-order chi connectivity index (χ1) is 9.52. The quantitative estimate of drug-likeness (QED) is 0.931. The van der Waals surface area contributed by atoms with E-state index in [1.807, 2.05) is 0 Å². The van der Waals surface area contributed by atoms with E-state index in [1.54, 1.807) is 12.1 Å². The molecule has 20 heavy (non-hydrogen) atoms. The number of anilines is 1. The summed E-state index contributed by atoms with van der Waals surface area (Å²) < 4.78 is 22.8. The zero-order chi connectivity index (χ0) is 14.2. The SMILES string of the molecule is CS(=O)(=O)c1ccc(NC2CCC3CCCC3C2)nc1. The fourth-order valence-corrected chi connectivity index (χ4v) is 4.29. The van der Waals surface area contributed by atoms with Gasteiger partial charge in [-0.25, -0.2) is 13.4 Å². The summed E-state index contributed by atoms with van der Waals surface area (Å²) in [6.45, 7) is 0. The molecule has 5 heteroatoms. The van der Waals surface area contributed by atoms with Gasteiger partial charge in [-0.2, -0.15) is 0 Å². The average molecular weight is 294 g/mol. The van der Waals surface area contributed by atoms with E-state index < -0.39 is 9.84 Å². The zero-order valence-electron chi connectivity index (χ0n) is 11.9. The van der Waals surface area contributed by atoms with Gasteiger partial charge in [0.2, 0.25) is 0 Å². The van der Waals surface area contributed by atoms with Crippen LogP contribution in [0.3, 0.4) is 0 Å². The molecule has 0 bridgehead atoms. The molecule has 1 N–H and O–H groups in total. The van der Waals surface area contributed by atoms with Crippen molar-refractivity contribution in [3.8, 4) is 0 Å². The molecule has 0 aliphatic heterocycles. The van der Waals surface area contributed by atoms with Crippen molar-refractivity contribution in [3.63, 3.8) is 0 Å². The molecule has 0 spiro atoms. The van der Waals surface area contributed by atoms with Crippen LogP contribution in [0, 0.1) is 11.8 Å². The first-order valence-corrected chi connectivity index (χ1v) is 9.34. The van der Waals surface area contributed by atoms with Crippen LogP contribution in [0.25, 0.3) is 0 Å². The summed E-state index contributed by atoms with van der Waals surface area (Å²) in [6, 6.07) is 3.90. The lowest BCUT2D eigenvalue weighted by Gasteiger charge is -2.32. The Bertz CT molecular complexity index is 568. The second kappa shape index (κ2) is 5.35. The molecule has 2 fully saturated rings. The van der Waals surface area contributed by atoms with E-state index in [4.69, 9.17) is 0 Å². The molecule has 0 radical (unpaired) electrons. The average Bonchev–Trinajstić information content (AvgIpc) is 2.86. The number of pyridine rings is 1. The minimum Gasteiger partial charge on any atom is -0.367 e. The number of fused-ring (bicyclic) bond motifs is 1. The van der Waals surface area contributed by atoms with Gasteiger partial charge in [-0.15, -0.1) is 0 Å². The van der Waals surface area contributed by atoms with Crippen molar-refractivity contribution in [1.29, 1.82) is 0 Å². The summed E-state index contributed by atoms with van der Waals surface area (Å²) in [5, 5.41) is 3.47. The highest BCUT2D eigenvalue weighted by molar-refractivity contribution is 7.90. The molecule has 4 nitrogen and oxygen atoms in total. The van der Waals surface area contributed by atoms with Gasteiger partial charge >= 0.3 is 0 Å². The van der Waals surface area contributed by atoms with Crippen molar-refractivity contribution in [1.82, 2.24) is 4.98 Å². The third-order valence-corrected chi connectivity index (χ3v) is 5.90. The smallest absolute Gasteiger partial charge is 0.177 e. The number of sulfone groups is 1. The number of aromatic nitrogens is 1. The third kappa shape index (κ3) is 2.97. The Morgan fingerprint density at radius 2 is 1.95 bits per heavy atom. The molecule has 0 aromatic carbocycles. The van der Waals surface area contributed by atoms with Crippen molar-refractivity contribution in [2.45, 2.75) is 49.5 Å². The molecular formula is C15H22N2O2S. The molecule has 3 atom stereocenters. The largest absolute Gasteiger partial charge is 0.367 e. The molecular weight excluding hydrogens is 272 g/mol. The van der Waals surface area contributed by atoms with Gasteiger partial charge in [-0.1, -0.05) is 19.3 Å². The van der Waals surface area contributed by atoms with Crippen LogP contribution in [-0.4, -0.2) is 25.7 Å². The number of hydrogen-bond acceptors (Lipinski definition) is 4. The molecule has 1 heterocycles. The van der Waals surface area contributed by atoms with Crippen LogP contribution in [0.15, 0.2) is 23.2 Å². The second-order valence-corrected chi connectivity index (χ2v) is 8.27. The minimum atomic E-state index is -3.15. The summed E-state index contributed by atoms with van der Waals surface area (Å²) in [5.41, 5.74) is 0. The van der Waals surface area contributed by atoms with Crippen molar-refractivity contribution in [3.05, 3.63) is 18.3 Å². The maximum absolute atomic E-state index is 11.4. The Morgan fingerprint density at radius 3 is 2.65 bits per heavy atom. The monoisotopic (exact) mass is 294 g/mol. The molecule has 2 aliphatic carbocycles. The molecule has 3 unspecified atom stereocenters. The molecule has 3 rings (SSSR count). The Morgan fingerprint density at radius 1 is 1.15 bits per heavy atom. The van der Waals surface area contributed by atoms with E-state index in [0.717, 1.165) is 17.7 Å². The number of rotatable bonds is 3. The maximum Gasteiger partial charge on any atom is 0.177 e. The van der Waals surface area contributed by atoms with Crippen LogP contribution in [0.1, 0.15) is 38.5 Å². The van der Waals surface area contributed by atoms with Crippen molar-refractivity contribution in [2.24, 2.45) is 11.8 Å². The second-order valence-electron chi connectivity index (χ2n) is 6.26. The van der Waals surface area contributed by atoms with Gasteiger partial charge in [0, 0.05) is 18.5 Å². The molecule has 2 aliphatic rings. The number of nitrogens with one attached hydrogen (secondary N) is 1. The summed E-state index contributed by atoms with van der Waals surface area (Å²) in [6.07, 6.45) is 10.6. The Labute approximate surface area is 120 Å². The third-order valence-electron chi connectivity index (χ3n) is 4.81. The normalized spacial score (nSPS) is 29.9. The molecule has 110 valence electrons. The van der Waals surface area contributed by atoms with Gasteiger partial charge in [0.15, 0.2) is 9.84 Å². The Balaban J connectivity index is 1.63. The van der Waals surface area contributed by atoms with Gasteiger partial charge in [-0.05, 0) is 43.2 Å². The Kier molecular flexibility index (Phi) is 3.71. The molecule has 0 amide bonds. The van der Waals surface area contributed by atoms with Gasteiger partial charge in [-0.3, -0.25) is 0 Å². The maximum atomic E-state index is 11.4. The van der Waals surface area contributed by atoms with Crippen LogP contribution in [0.5, 0.6) is 0 Å². The lowest BCUT2D eigenvalue weighted by Crippen LogP contribution is -2.30. The van der Waals surface area contributed by atoms with Crippen LogP contribution in [-0.2, 0) is 9.84 Å². The standard InChI is InChI=1S/C15H22N2O2S/c1-20(18,19)14-7-8-15(16-10-14)17-13-6-5-11-3-2-4-12(11)9-13/h7-8,10-13H,2-6,9H2,1H3,(H,16,17). The molecule has 2 saturated carbocycles. The number of nitrogens with zero attached hydrogens (tertiary/aromatic N) is 1. The topological polar surface area (TPSA) is 59.1 Å². The first kappa shape index (κ1) is 13.9. The first-order valence-electron chi connectivity index (χ1n) is 7.45. The van der Waals surface area contributed by atoms with Crippen LogP contribution < -0.4 is 5.32 Å². The summed E-state index contributed by atoms with van der Waals surface area (Å²) in [7, 11) is -3.15. The summed E-state index contributed by atoms with van der Waals surface area (Å²) >= 11 is 0. The minimum absolute atomic E-state index is 0.280. The fraction of sp³-hybridized carbons (Fsp3) is 0.667. The van der Waals surface area contributed by atoms with Crippen LogP contribution in [0.4, 0.5) is 5.82 Å². The summed E-state index contributed by atoms with van der Waals surface area (Å²) in [4.78, 5) is 4.51. The van der Waals surface area contributed by atoms with E-state index in [2.05, 4.69) is 10.3 Å². The van der Waals surface area contributed by atoms with Gasteiger partial charge in [0.1, 0.15) is 5.82 Å². The highest BCUT2D eigenvalue weighted by Gasteiger charge is 2.33. The lowest BCUT2D eigenvalue weighted by molar-refractivity contribution is 0.260. The van der Waals surface area contributed by atoms with E-state index in [0.29, 0.717) is 6.04 Å². The van der Waals surface area contributed by atoms with Gasteiger partial charge < -0.3 is 5.32 Å². The molecule has 0 saturated heterocycles. The van der Waals surface area contributed by atoms with Crippen LogP contribution in [0.2, 0.25) is 0 Å². The van der Waals surface area contributed by atoms with Crippen LogP contribution >= 0.6 is 0 Å². The van der Waals surface area contributed by atoms with Crippen molar-refractivity contribution < 1.29 is 8.42 Å². The predicted octanol–water partition coefficient (Wildman–Crippen LogP) is 2.87. The lowest BCUT2D eigenvalue weighted by atomic mass is 9.79. The fourth-order valence-electron chi connectivity index (χ4n) is 3.73. The van der Waals surface area contributed by atoms with E-state index >= 15 is 0 Å². The van der Waals surface area contributed by atoms with E-state index in [-0.39, 0.29) is 4.90 Å². The Hall–Kier alpha value is -1.10. The number of hydrogen-bond donors (Lipinski definition) is 1. The highest BCUT2D eigenvalue weighted by Crippen LogP contribution is 2.42. The van der Waals surface area contributed by atoms with Gasteiger partial charge in [0.25, 0.3) is 0 Å². The molecule has 1 aromatic heterocycles. The highest BCUT2D eigenvalue weighted by atomic mass is 32.2. The van der Waals surface area contributed by atoms with Crippen molar-refractivity contribution in [2.75, 3.05) is 11.6 Å². The van der Waals surface area contributed by atoms with Crippen molar-refractivity contribution >= 4 is 15.7 Å². The van der Waals surface area contributed by atoms with E-state index in [1.165, 1.54) is 51.0 Å². The zero-order valence-corrected chi connectivity index (χ0v) is 12.7. The summed E-state index contributed by atoms with van der Waals surface area (Å²) in [5.74, 6) is 2.63. The molecule has 1 aromatic rings. The van der Waals surface area contributed by atoms with Gasteiger partial charge in [0.05, 0.1) is 4.90 Å².